The summed E-state index contributed by atoms with van der Waals surface area (Å²) in [4.78, 5) is 8.60. The van der Waals surface area contributed by atoms with Crippen molar-refractivity contribution in [1.82, 2.24) is 20.8 Å². The lowest BCUT2D eigenvalue weighted by Gasteiger charge is -2.22. The van der Waals surface area contributed by atoms with Crippen molar-refractivity contribution in [3.63, 3.8) is 0 Å². The van der Waals surface area contributed by atoms with Gasteiger partial charge in [0.25, 0.3) is 0 Å². The van der Waals surface area contributed by atoms with Gasteiger partial charge in [0.15, 0.2) is 11.8 Å². The maximum atomic E-state index is 5.92. The first kappa shape index (κ1) is 17.7. The van der Waals surface area contributed by atoms with Crippen LogP contribution in [0.1, 0.15) is 57.2 Å². The van der Waals surface area contributed by atoms with E-state index in [-0.39, 0.29) is 0 Å². The fourth-order valence-electron chi connectivity index (χ4n) is 2.66. The third-order valence-corrected chi connectivity index (χ3v) is 3.81. The van der Waals surface area contributed by atoms with E-state index in [2.05, 4.69) is 25.8 Å². The highest BCUT2D eigenvalue weighted by Crippen LogP contribution is 2.20. The molecule has 1 aliphatic rings. The summed E-state index contributed by atoms with van der Waals surface area (Å²) < 4.78 is 10.9. The van der Waals surface area contributed by atoms with Crippen molar-refractivity contribution >= 4 is 5.96 Å². The van der Waals surface area contributed by atoms with Crippen LogP contribution in [0, 0.1) is 6.92 Å². The van der Waals surface area contributed by atoms with Gasteiger partial charge < -0.3 is 19.9 Å². The average Bonchev–Trinajstić information content (AvgIpc) is 2.98. The second-order valence-corrected chi connectivity index (χ2v) is 5.84. The number of hydrogen-bond acceptors (Lipinski definition) is 5. The minimum atomic E-state index is 0.408. The topological polar surface area (TPSA) is 84.6 Å². The van der Waals surface area contributed by atoms with Crippen molar-refractivity contribution in [3.8, 4) is 0 Å². The number of rotatable bonds is 8. The van der Waals surface area contributed by atoms with Crippen molar-refractivity contribution in [3.05, 3.63) is 11.7 Å². The summed E-state index contributed by atoms with van der Waals surface area (Å²) >= 11 is 0. The number of aryl methyl sites for hydroxylation is 1. The van der Waals surface area contributed by atoms with Crippen molar-refractivity contribution in [2.75, 3.05) is 19.7 Å². The van der Waals surface area contributed by atoms with E-state index >= 15 is 0 Å². The molecular weight excluding hydrogens is 294 g/mol. The van der Waals surface area contributed by atoms with Crippen LogP contribution in [0.2, 0.25) is 0 Å². The SMILES string of the molecule is CCNC(=NCc1noc(C)n1)NCCCOC1CCCCC1. The summed E-state index contributed by atoms with van der Waals surface area (Å²) in [5.41, 5.74) is 0. The van der Waals surface area contributed by atoms with Crippen LogP contribution >= 0.6 is 0 Å². The van der Waals surface area contributed by atoms with Gasteiger partial charge in [-0.25, -0.2) is 4.99 Å². The molecule has 0 amide bonds. The summed E-state index contributed by atoms with van der Waals surface area (Å²) in [5.74, 6) is 1.93. The molecule has 2 N–H and O–H groups in total. The zero-order valence-corrected chi connectivity index (χ0v) is 14.3. The summed E-state index contributed by atoms with van der Waals surface area (Å²) in [7, 11) is 0. The van der Waals surface area contributed by atoms with E-state index in [1.54, 1.807) is 6.92 Å². The Hall–Kier alpha value is -1.63. The quantitative estimate of drug-likeness (QED) is 0.433. The van der Waals surface area contributed by atoms with Gasteiger partial charge in [-0.3, -0.25) is 0 Å². The molecule has 0 bridgehead atoms. The van der Waals surface area contributed by atoms with Crippen LogP contribution in [0.25, 0.3) is 0 Å². The van der Waals surface area contributed by atoms with E-state index in [1.165, 1.54) is 32.1 Å². The molecule has 130 valence electrons. The minimum absolute atomic E-state index is 0.408. The van der Waals surface area contributed by atoms with Gasteiger partial charge in [0.2, 0.25) is 5.89 Å². The third-order valence-electron chi connectivity index (χ3n) is 3.81. The van der Waals surface area contributed by atoms with Crippen molar-refractivity contribution in [2.45, 2.75) is 65.0 Å². The number of nitrogens with zero attached hydrogens (tertiary/aromatic N) is 3. The predicted molar refractivity (Wildman–Crippen MR) is 89.3 cm³/mol. The van der Waals surface area contributed by atoms with Gasteiger partial charge in [0.1, 0.15) is 6.54 Å². The summed E-state index contributed by atoms with van der Waals surface area (Å²) in [6.07, 6.45) is 7.90. The van der Waals surface area contributed by atoms with Crippen molar-refractivity contribution in [1.29, 1.82) is 0 Å². The molecule has 1 aromatic rings. The summed E-state index contributed by atoms with van der Waals surface area (Å²) in [6.45, 7) is 6.68. The van der Waals surface area contributed by atoms with Crippen LogP contribution in [0.3, 0.4) is 0 Å². The molecule has 0 radical (unpaired) electrons. The molecule has 0 saturated heterocycles. The second-order valence-electron chi connectivity index (χ2n) is 5.84. The second kappa shape index (κ2) is 10.2. The first-order valence-electron chi connectivity index (χ1n) is 8.71. The van der Waals surface area contributed by atoms with Crippen molar-refractivity contribution < 1.29 is 9.26 Å². The van der Waals surface area contributed by atoms with Gasteiger partial charge in [0.05, 0.1) is 6.10 Å². The zero-order valence-electron chi connectivity index (χ0n) is 14.3. The van der Waals surface area contributed by atoms with Crippen LogP contribution in [0.4, 0.5) is 0 Å². The maximum Gasteiger partial charge on any atom is 0.223 e. The lowest BCUT2D eigenvalue weighted by atomic mass is 9.98. The molecule has 7 heteroatoms. The van der Waals surface area contributed by atoms with E-state index in [0.29, 0.717) is 24.4 Å². The van der Waals surface area contributed by atoms with E-state index in [4.69, 9.17) is 9.26 Å². The van der Waals surface area contributed by atoms with Gasteiger partial charge in [-0.1, -0.05) is 24.4 Å². The molecule has 0 spiro atoms. The van der Waals surface area contributed by atoms with Gasteiger partial charge in [-0.05, 0) is 26.2 Å². The fraction of sp³-hybridized carbons (Fsp3) is 0.812. The molecule has 1 fully saturated rings. The lowest BCUT2D eigenvalue weighted by molar-refractivity contribution is 0.0277. The van der Waals surface area contributed by atoms with Crippen LogP contribution in [-0.2, 0) is 11.3 Å². The third kappa shape index (κ3) is 6.99. The minimum Gasteiger partial charge on any atom is -0.378 e. The highest BCUT2D eigenvalue weighted by Gasteiger charge is 2.12. The Labute approximate surface area is 138 Å². The Morgan fingerprint density at radius 3 is 2.83 bits per heavy atom. The number of hydrogen-bond donors (Lipinski definition) is 2. The number of aliphatic imine (C=N–C) groups is 1. The van der Waals surface area contributed by atoms with E-state index in [1.807, 2.05) is 6.92 Å². The average molecular weight is 323 g/mol. The molecule has 23 heavy (non-hydrogen) atoms. The maximum absolute atomic E-state index is 5.92. The number of ether oxygens (including phenoxy) is 1. The van der Waals surface area contributed by atoms with Crippen LogP contribution in [0.5, 0.6) is 0 Å². The van der Waals surface area contributed by atoms with Gasteiger partial charge in [-0.15, -0.1) is 0 Å². The Morgan fingerprint density at radius 2 is 2.13 bits per heavy atom. The van der Waals surface area contributed by atoms with Crippen LogP contribution in [0.15, 0.2) is 9.52 Å². The molecule has 0 aromatic carbocycles. The molecule has 0 unspecified atom stereocenters. The van der Waals surface area contributed by atoms with E-state index < -0.39 is 0 Å². The zero-order chi connectivity index (χ0) is 16.3. The van der Waals surface area contributed by atoms with Crippen molar-refractivity contribution in [2.24, 2.45) is 4.99 Å². The smallest absolute Gasteiger partial charge is 0.223 e. The van der Waals surface area contributed by atoms with Gasteiger partial charge >= 0.3 is 0 Å². The molecular formula is C16H29N5O2. The Balaban J connectivity index is 1.63. The lowest BCUT2D eigenvalue weighted by Crippen LogP contribution is -2.38. The molecule has 0 aliphatic heterocycles. The Morgan fingerprint density at radius 1 is 1.30 bits per heavy atom. The molecule has 1 aliphatic carbocycles. The summed E-state index contributed by atoms with van der Waals surface area (Å²) in [5, 5.41) is 10.4. The van der Waals surface area contributed by atoms with Crippen LogP contribution in [-0.4, -0.2) is 41.9 Å². The predicted octanol–water partition coefficient (Wildman–Crippen LogP) is 2.17. The molecule has 1 saturated carbocycles. The molecule has 1 aromatic heterocycles. The highest BCUT2D eigenvalue weighted by atomic mass is 16.5. The standard InChI is InChI=1S/C16H29N5O2/c1-3-17-16(19-12-15-20-13(2)23-21-15)18-10-7-11-22-14-8-5-4-6-9-14/h14H,3-12H2,1-2H3,(H2,17,18,19). The Bertz CT molecular complexity index is 469. The molecule has 7 nitrogen and oxygen atoms in total. The monoisotopic (exact) mass is 323 g/mol. The fourth-order valence-corrected chi connectivity index (χ4v) is 2.66. The largest absolute Gasteiger partial charge is 0.378 e. The number of guanidine groups is 1. The van der Waals surface area contributed by atoms with Gasteiger partial charge in [0, 0.05) is 26.6 Å². The van der Waals surface area contributed by atoms with E-state index in [9.17, 15) is 0 Å². The molecule has 2 rings (SSSR count). The van der Waals surface area contributed by atoms with E-state index in [0.717, 1.165) is 32.1 Å². The molecule has 1 heterocycles. The first-order valence-corrected chi connectivity index (χ1v) is 8.71. The highest BCUT2D eigenvalue weighted by molar-refractivity contribution is 5.79. The normalized spacial score (nSPS) is 16.5. The number of aromatic nitrogens is 2. The molecule has 0 atom stereocenters. The van der Waals surface area contributed by atoms with Crippen LogP contribution < -0.4 is 10.6 Å². The Kier molecular flexibility index (Phi) is 7.86. The van der Waals surface area contributed by atoms with Gasteiger partial charge in [-0.2, -0.15) is 4.98 Å². The number of nitrogens with one attached hydrogen (secondary N) is 2. The summed E-state index contributed by atoms with van der Waals surface area (Å²) in [6, 6.07) is 0. The first-order chi connectivity index (χ1) is 11.3.